The molecule has 1 aromatic heterocycles. The van der Waals surface area contributed by atoms with Gasteiger partial charge in [0.25, 0.3) is 0 Å². The third-order valence-corrected chi connectivity index (χ3v) is 1.85. The summed E-state index contributed by atoms with van der Waals surface area (Å²) in [7, 11) is 1.85. The van der Waals surface area contributed by atoms with Crippen LogP contribution in [0.1, 0.15) is 17.4 Å². The molecule has 0 fully saturated rings. The lowest BCUT2D eigenvalue weighted by atomic mass is 10.3. The Morgan fingerprint density at radius 2 is 2.27 bits per heavy atom. The Morgan fingerprint density at radius 1 is 1.60 bits per heavy atom. The van der Waals surface area contributed by atoms with E-state index in [1.54, 1.807) is 12.1 Å². The highest BCUT2D eigenvalue weighted by Gasteiger charge is 2.07. The molecule has 15 heavy (non-hydrogen) atoms. The molecule has 4 heteroatoms. The molecule has 0 amide bonds. The Hall–Kier alpha value is -1.84. The van der Waals surface area contributed by atoms with Gasteiger partial charge in [-0.25, -0.2) is 9.78 Å². The van der Waals surface area contributed by atoms with Gasteiger partial charge in [0.2, 0.25) is 0 Å². The predicted molar refractivity (Wildman–Crippen MR) is 59.3 cm³/mol. The van der Waals surface area contributed by atoms with E-state index < -0.39 is 5.97 Å². The highest BCUT2D eigenvalue weighted by molar-refractivity contribution is 5.85. The minimum atomic E-state index is -1.01. The number of nitrogens with zero attached hydrogens (tertiary/aromatic N) is 2. The molecule has 0 aliphatic carbocycles. The van der Waals surface area contributed by atoms with E-state index in [-0.39, 0.29) is 5.69 Å². The lowest BCUT2D eigenvalue weighted by Gasteiger charge is -2.18. The van der Waals surface area contributed by atoms with Gasteiger partial charge in [0.05, 0.1) is 0 Å². The fourth-order valence-electron chi connectivity index (χ4n) is 1.24. The number of anilines is 1. The average molecular weight is 206 g/mol. The standard InChI is InChI=1S/C11H14N2O2/c1-8(2)7-13(3)10-6-4-5-9(12-10)11(14)15/h4-6H,1,7H2,2-3H3,(H,14,15). The van der Waals surface area contributed by atoms with Gasteiger partial charge in [-0.05, 0) is 19.1 Å². The number of carbonyl (C=O) groups is 1. The first kappa shape index (κ1) is 11.2. The highest BCUT2D eigenvalue weighted by atomic mass is 16.4. The Morgan fingerprint density at radius 3 is 2.80 bits per heavy atom. The molecule has 1 heterocycles. The molecule has 4 nitrogen and oxygen atoms in total. The number of carboxylic acid groups (broad SMARTS) is 1. The third kappa shape index (κ3) is 3.09. The van der Waals surface area contributed by atoms with E-state index >= 15 is 0 Å². The van der Waals surface area contributed by atoms with Gasteiger partial charge in [-0.1, -0.05) is 18.2 Å². The van der Waals surface area contributed by atoms with E-state index in [0.29, 0.717) is 12.4 Å². The van der Waals surface area contributed by atoms with Crippen molar-refractivity contribution in [2.45, 2.75) is 6.92 Å². The summed E-state index contributed by atoms with van der Waals surface area (Å²) in [6.07, 6.45) is 0. The van der Waals surface area contributed by atoms with Crippen LogP contribution in [-0.2, 0) is 0 Å². The molecule has 0 aliphatic rings. The smallest absolute Gasteiger partial charge is 0.354 e. The topological polar surface area (TPSA) is 53.4 Å². The van der Waals surface area contributed by atoms with Crippen LogP contribution in [0.15, 0.2) is 30.4 Å². The molecule has 0 spiro atoms. The molecular weight excluding hydrogens is 192 g/mol. The van der Waals surface area contributed by atoms with Crippen molar-refractivity contribution in [2.24, 2.45) is 0 Å². The van der Waals surface area contributed by atoms with Crippen molar-refractivity contribution >= 4 is 11.8 Å². The van der Waals surface area contributed by atoms with Gasteiger partial charge in [0.15, 0.2) is 5.69 Å². The van der Waals surface area contributed by atoms with Crippen molar-refractivity contribution in [2.75, 3.05) is 18.5 Å². The summed E-state index contributed by atoms with van der Waals surface area (Å²) < 4.78 is 0. The zero-order valence-corrected chi connectivity index (χ0v) is 8.90. The summed E-state index contributed by atoms with van der Waals surface area (Å²) in [5.41, 5.74) is 1.06. The van der Waals surface area contributed by atoms with Gasteiger partial charge in [0.1, 0.15) is 5.82 Å². The van der Waals surface area contributed by atoms with Crippen molar-refractivity contribution in [3.8, 4) is 0 Å². The molecule has 0 aliphatic heterocycles. The Bertz CT molecular complexity index is 388. The van der Waals surface area contributed by atoms with Crippen LogP contribution in [0, 0.1) is 0 Å². The lowest BCUT2D eigenvalue weighted by Crippen LogP contribution is -2.20. The number of aromatic carboxylic acids is 1. The number of pyridine rings is 1. The van der Waals surface area contributed by atoms with Crippen LogP contribution >= 0.6 is 0 Å². The molecular formula is C11H14N2O2. The normalized spacial score (nSPS) is 9.73. The van der Waals surface area contributed by atoms with Crippen LogP contribution in [0.3, 0.4) is 0 Å². The lowest BCUT2D eigenvalue weighted by molar-refractivity contribution is 0.0690. The van der Waals surface area contributed by atoms with Crippen molar-refractivity contribution in [1.29, 1.82) is 0 Å². The fraction of sp³-hybridized carbons (Fsp3) is 0.273. The van der Waals surface area contributed by atoms with Crippen molar-refractivity contribution in [3.63, 3.8) is 0 Å². The van der Waals surface area contributed by atoms with Gasteiger partial charge >= 0.3 is 5.97 Å². The maximum atomic E-state index is 10.7. The predicted octanol–water partition coefficient (Wildman–Crippen LogP) is 1.79. The summed E-state index contributed by atoms with van der Waals surface area (Å²) in [4.78, 5) is 16.6. The van der Waals surface area contributed by atoms with E-state index in [4.69, 9.17) is 5.11 Å². The maximum Gasteiger partial charge on any atom is 0.354 e. The molecule has 80 valence electrons. The molecule has 0 saturated heterocycles. The van der Waals surface area contributed by atoms with Crippen molar-refractivity contribution in [1.82, 2.24) is 4.98 Å². The summed E-state index contributed by atoms with van der Waals surface area (Å²) in [5.74, 6) is -0.376. The van der Waals surface area contributed by atoms with Crippen LogP contribution in [0.4, 0.5) is 5.82 Å². The van der Waals surface area contributed by atoms with Crippen molar-refractivity contribution in [3.05, 3.63) is 36.0 Å². The molecule has 0 radical (unpaired) electrons. The van der Waals surface area contributed by atoms with Crippen LogP contribution in [0.25, 0.3) is 0 Å². The second kappa shape index (κ2) is 4.59. The summed E-state index contributed by atoms with van der Waals surface area (Å²) in [6.45, 7) is 6.37. The molecule has 0 bridgehead atoms. The zero-order chi connectivity index (χ0) is 11.4. The van der Waals surface area contributed by atoms with Gasteiger partial charge in [-0.2, -0.15) is 0 Å². The maximum absolute atomic E-state index is 10.7. The quantitative estimate of drug-likeness (QED) is 0.763. The Kier molecular flexibility index (Phi) is 3.44. The molecule has 0 atom stereocenters. The zero-order valence-electron chi connectivity index (χ0n) is 8.90. The van der Waals surface area contributed by atoms with Crippen LogP contribution in [0.5, 0.6) is 0 Å². The van der Waals surface area contributed by atoms with Gasteiger partial charge in [-0.3, -0.25) is 0 Å². The van der Waals surface area contributed by atoms with E-state index in [1.165, 1.54) is 6.07 Å². The second-order valence-corrected chi connectivity index (χ2v) is 3.50. The number of hydrogen-bond acceptors (Lipinski definition) is 3. The van der Waals surface area contributed by atoms with Gasteiger partial charge in [-0.15, -0.1) is 0 Å². The number of rotatable bonds is 4. The Labute approximate surface area is 88.9 Å². The largest absolute Gasteiger partial charge is 0.477 e. The molecule has 0 aromatic carbocycles. The number of aromatic nitrogens is 1. The summed E-state index contributed by atoms with van der Waals surface area (Å²) in [5, 5.41) is 8.77. The molecule has 1 rings (SSSR count). The fourth-order valence-corrected chi connectivity index (χ4v) is 1.24. The monoisotopic (exact) mass is 206 g/mol. The number of carboxylic acids is 1. The van der Waals surface area contributed by atoms with Gasteiger partial charge < -0.3 is 10.0 Å². The van der Waals surface area contributed by atoms with Crippen molar-refractivity contribution < 1.29 is 9.90 Å². The third-order valence-electron chi connectivity index (χ3n) is 1.85. The minimum absolute atomic E-state index is 0.0565. The van der Waals surface area contributed by atoms with Crippen LogP contribution in [-0.4, -0.2) is 29.7 Å². The van der Waals surface area contributed by atoms with Gasteiger partial charge in [0, 0.05) is 13.6 Å². The first-order valence-electron chi connectivity index (χ1n) is 4.56. The summed E-state index contributed by atoms with van der Waals surface area (Å²) in [6, 6.07) is 4.93. The average Bonchev–Trinajstić information content (AvgIpc) is 2.17. The van der Waals surface area contributed by atoms with Crippen LogP contribution in [0.2, 0.25) is 0 Å². The second-order valence-electron chi connectivity index (χ2n) is 3.50. The number of hydrogen-bond donors (Lipinski definition) is 1. The first-order valence-corrected chi connectivity index (χ1v) is 4.56. The highest BCUT2D eigenvalue weighted by Crippen LogP contribution is 2.10. The molecule has 0 saturated carbocycles. The minimum Gasteiger partial charge on any atom is -0.477 e. The summed E-state index contributed by atoms with van der Waals surface area (Å²) >= 11 is 0. The first-order chi connectivity index (χ1) is 7.00. The van der Waals surface area contributed by atoms with E-state index in [1.807, 2.05) is 18.9 Å². The van der Waals surface area contributed by atoms with Crippen LogP contribution < -0.4 is 4.90 Å². The molecule has 1 N–H and O–H groups in total. The Balaban J connectivity index is 2.89. The number of likely N-dealkylation sites (N-methyl/N-ethyl adjacent to an activating group) is 1. The van der Waals surface area contributed by atoms with E-state index in [0.717, 1.165) is 5.57 Å². The molecule has 0 unspecified atom stereocenters. The SMILES string of the molecule is C=C(C)CN(C)c1cccc(C(=O)O)n1. The van der Waals surface area contributed by atoms with E-state index in [9.17, 15) is 4.79 Å². The van der Waals surface area contributed by atoms with E-state index in [2.05, 4.69) is 11.6 Å². The molecule has 1 aromatic rings.